The zero-order valence-corrected chi connectivity index (χ0v) is 6.89. The third-order valence-corrected chi connectivity index (χ3v) is 1.64. The van der Waals surface area contributed by atoms with Crippen molar-refractivity contribution in [1.82, 2.24) is 4.98 Å². The summed E-state index contributed by atoms with van der Waals surface area (Å²) in [5.74, 6) is 0.532. The Morgan fingerprint density at radius 2 is 2.10 bits per heavy atom. The van der Waals surface area contributed by atoms with Crippen LogP contribution in [0, 0.1) is 0 Å². The lowest BCUT2D eigenvalue weighted by Crippen LogP contribution is -1.87. The minimum absolute atomic E-state index is 0.532. The maximum Gasteiger partial charge on any atom is 0.129 e. The molecule has 0 bridgehead atoms. The highest BCUT2D eigenvalue weighted by Gasteiger charge is 1.97. The number of hydrogen-bond acceptors (Lipinski definition) is 1. The molecule has 0 amide bonds. The first-order chi connectivity index (χ1) is 4.70. The molecule has 0 radical (unpaired) electrons. The largest absolute Gasteiger partial charge is 0.244 e. The van der Waals surface area contributed by atoms with E-state index < -0.39 is 0 Å². The van der Waals surface area contributed by atoms with Gasteiger partial charge in [0.15, 0.2) is 0 Å². The number of hydrogen-bond donors (Lipinski definition) is 0. The fourth-order valence-electron chi connectivity index (χ4n) is 0.729. The van der Waals surface area contributed by atoms with Crippen molar-refractivity contribution in [2.75, 3.05) is 0 Å². The van der Waals surface area contributed by atoms with Gasteiger partial charge in [-0.05, 0) is 17.5 Å². The number of pyridine rings is 1. The van der Waals surface area contributed by atoms with Crippen LogP contribution in [0.5, 0.6) is 0 Å². The minimum Gasteiger partial charge on any atom is -0.244 e. The molecule has 10 heavy (non-hydrogen) atoms. The molecule has 0 aliphatic carbocycles. The Kier molecular flexibility index (Phi) is 2.28. The molecule has 1 aromatic rings. The summed E-state index contributed by atoms with van der Waals surface area (Å²) in [7, 11) is 0. The summed E-state index contributed by atoms with van der Waals surface area (Å²) in [6.07, 6.45) is 1.81. The highest BCUT2D eigenvalue weighted by Crippen LogP contribution is 2.13. The van der Waals surface area contributed by atoms with Crippen molar-refractivity contribution in [1.29, 1.82) is 0 Å². The van der Waals surface area contributed by atoms with Crippen molar-refractivity contribution in [3.8, 4) is 0 Å². The van der Waals surface area contributed by atoms with Crippen molar-refractivity contribution in [2.45, 2.75) is 19.8 Å². The zero-order valence-electron chi connectivity index (χ0n) is 6.13. The van der Waals surface area contributed by atoms with E-state index >= 15 is 0 Å². The molecular formula is C8H10ClN. The zero-order chi connectivity index (χ0) is 7.56. The van der Waals surface area contributed by atoms with Gasteiger partial charge in [0.2, 0.25) is 0 Å². The molecule has 1 aromatic heterocycles. The maximum atomic E-state index is 5.61. The fourth-order valence-corrected chi connectivity index (χ4v) is 0.841. The lowest BCUT2D eigenvalue weighted by Gasteiger charge is -2.02. The second-order valence-corrected chi connectivity index (χ2v) is 2.96. The molecule has 0 fully saturated rings. The van der Waals surface area contributed by atoms with E-state index in [9.17, 15) is 0 Å². The second-order valence-electron chi connectivity index (χ2n) is 2.57. The molecule has 0 aromatic carbocycles. The quantitative estimate of drug-likeness (QED) is 0.569. The molecular weight excluding hydrogens is 146 g/mol. The molecule has 0 aliphatic heterocycles. The van der Waals surface area contributed by atoms with Crippen LogP contribution < -0.4 is 0 Å². The van der Waals surface area contributed by atoms with Crippen LogP contribution in [0.25, 0.3) is 0 Å². The standard InChI is InChI=1S/C8H10ClN/c1-6(2)7-3-4-8(9)10-5-7/h3-6H,1-2H3. The predicted octanol–water partition coefficient (Wildman–Crippen LogP) is 2.86. The van der Waals surface area contributed by atoms with Gasteiger partial charge in [-0.15, -0.1) is 0 Å². The van der Waals surface area contributed by atoms with Crippen LogP contribution in [-0.2, 0) is 0 Å². The van der Waals surface area contributed by atoms with Gasteiger partial charge in [-0.1, -0.05) is 31.5 Å². The van der Waals surface area contributed by atoms with E-state index in [4.69, 9.17) is 11.6 Å². The van der Waals surface area contributed by atoms with Crippen molar-refractivity contribution in [3.63, 3.8) is 0 Å². The van der Waals surface area contributed by atoms with E-state index in [1.165, 1.54) is 5.56 Å². The minimum atomic E-state index is 0.532. The molecule has 0 saturated carbocycles. The number of aromatic nitrogens is 1. The molecule has 1 rings (SSSR count). The molecule has 0 atom stereocenters. The van der Waals surface area contributed by atoms with Gasteiger partial charge in [-0.25, -0.2) is 4.98 Å². The van der Waals surface area contributed by atoms with Gasteiger partial charge in [-0.2, -0.15) is 0 Å². The van der Waals surface area contributed by atoms with Crippen molar-refractivity contribution in [2.24, 2.45) is 0 Å². The second kappa shape index (κ2) is 3.02. The molecule has 0 unspecified atom stereocenters. The summed E-state index contributed by atoms with van der Waals surface area (Å²) in [5, 5.41) is 0.560. The molecule has 1 heterocycles. The molecule has 54 valence electrons. The van der Waals surface area contributed by atoms with Gasteiger partial charge in [0.25, 0.3) is 0 Å². The highest BCUT2D eigenvalue weighted by atomic mass is 35.5. The lowest BCUT2D eigenvalue weighted by atomic mass is 10.1. The summed E-state index contributed by atoms with van der Waals surface area (Å²) < 4.78 is 0. The average Bonchev–Trinajstić information content (AvgIpc) is 1.88. The summed E-state index contributed by atoms with van der Waals surface area (Å²) in [4.78, 5) is 3.97. The molecule has 1 nitrogen and oxygen atoms in total. The first-order valence-corrected chi connectivity index (χ1v) is 3.69. The monoisotopic (exact) mass is 155 g/mol. The Balaban J connectivity index is 2.89. The Morgan fingerprint density at radius 3 is 2.50 bits per heavy atom. The number of halogens is 1. The van der Waals surface area contributed by atoms with Crippen LogP contribution in [0.15, 0.2) is 18.3 Å². The van der Waals surface area contributed by atoms with Gasteiger partial charge < -0.3 is 0 Å². The van der Waals surface area contributed by atoms with Gasteiger partial charge in [0, 0.05) is 6.20 Å². The lowest BCUT2D eigenvalue weighted by molar-refractivity contribution is 0.858. The van der Waals surface area contributed by atoms with Crippen LogP contribution in [0.1, 0.15) is 25.3 Å². The number of nitrogens with zero attached hydrogens (tertiary/aromatic N) is 1. The van der Waals surface area contributed by atoms with Gasteiger partial charge in [0.05, 0.1) is 0 Å². The molecule has 0 saturated heterocycles. The molecule has 0 spiro atoms. The average molecular weight is 156 g/mol. The van der Waals surface area contributed by atoms with Crippen LogP contribution in [0.2, 0.25) is 5.15 Å². The highest BCUT2D eigenvalue weighted by molar-refractivity contribution is 6.29. The maximum absolute atomic E-state index is 5.61. The van der Waals surface area contributed by atoms with E-state index in [1.54, 1.807) is 0 Å². The SMILES string of the molecule is CC(C)c1ccc(Cl)nc1. The van der Waals surface area contributed by atoms with E-state index in [2.05, 4.69) is 18.8 Å². The third-order valence-electron chi connectivity index (χ3n) is 1.42. The van der Waals surface area contributed by atoms with E-state index in [1.807, 2.05) is 18.3 Å². The first kappa shape index (κ1) is 7.55. The smallest absolute Gasteiger partial charge is 0.129 e. The summed E-state index contributed by atoms with van der Waals surface area (Å²) in [5.41, 5.74) is 1.23. The first-order valence-electron chi connectivity index (χ1n) is 3.31. The Labute approximate surface area is 66.0 Å². The topological polar surface area (TPSA) is 12.9 Å². The van der Waals surface area contributed by atoms with Crippen molar-refractivity contribution in [3.05, 3.63) is 29.0 Å². The van der Waals surface area contributed by atoms with Gasteiger partial charge in [0.1, 0.15) is 5.15 Å². The van der Waals surface area contributed by atoms with Crippen LogP contribution in [0.3, 0.4) is 0 Å². The van der Waals surface area contributed by atoms with E-state index in [-0.39, 0.29) is 0 Å². The molecule has 0 aliphatic rings. The summed E-state index contributed by atoms with van der Waals surface area (Å²) in [6.45, 7) is 4.26. The normalized spacial score (nSPS) is 10.4. The van der Waals surface area contributed by atoms with Crippen molar-refractivity contribution >= 4 is 11.6 Å². The summed E-state index contributed by atoms with van der Waals surface area (Å²) in [6, 6.07) is 3.82. The Bertz CT molecular complexity index is 203. The Morgan fingerprint density at radius 1 is 1.40 bits per heavy atom. The van der Waals surface area contributed by atoms with E-state index in [0.29, 0.717) is 11.1 Å². The fraction of sp³-hybridized carbons (Fsp3) is 0.375. The molecule has 2 heteroatoms. The van der Waals surface area contributed by atoms with Crippen LogP contribution in [-0.4, -0.2) is 4.98 Å². The Hall–Kier alpha value is -0.560. The van der Waals surface area contributed by atoms with E-state index in [0.717, 1.165) is 0 Å². The number of rotatable bonds is 1. The van der Waals surface area contributed by atoms with Gasteiger partial charge >= 0.3 is 0 Å². The van der Waals surface area contributed by atoms with Crippen LogP contribution >= 0.6 is 11.6 Å². The molecule has 0 N–H and O–H groups in total. The van der Waals surface area contributed by atoms with Crippen molar-refractivity contribution < 1.29 is 0 Å². The van der Waals surface area contributed by atoms with Gasteiger partial charge in [-0.3, -0.25) is 0 Å². The predicted molar refractivity (Wildman–Crippen MR) is 43.3 cm³/mol. The summed E-state index contributed by atoms with van der Waals surface area (Å²) >= 11 is 5.61. The van der Waals surface area contributed by atoms with Crippen LogP contribution in [0.4, 0.5) is 0 Å². The third kappa shape index (κ3) is 1.71.